The molecule has 0 bridgehead atoms. The van der Waals surface area contributed by atoms with Gasteiger partial charge < -0.3 is 19.5 Å². The molecule has 2 heterocycles. The molecule has 146 valence electrons. The molecule has 2 aliphatic heterocycles. The normalized spacial score (nSPS) is 32.2. The Morgan fingerprint density at radius 3 is 2.30 bits per heavy atom. The summed E-state index contributed by atoms with van der Waals surface area (Å²) in [5, 5.41) is 11.1. The summed E-state index contributed by atoms with van der Waals surface area (Å²) < 4.78 is 12.2. The second-order valence-electron chi connectivity index (χ2n) is 7.28. The predicted molar refractivity (Wildman–Crippen MR) is 99.5 cm³/mol. The van der Waals surface area contributed by atoms with Gasteiger partial charge in [-0.05, 0) is 40.2 Å². The Morgan fingerprint density at radius 1 is 1.19 bits per heavy atom. The molecule has 0 spiro atoms. The zero-order valence-corrected chi connectivity index (χ0v) is 16.5. The molecular weight excluding hydrogens is 346 g/mol. The summed E-state index contributed by atoms with van der Waals surface area (Å²) >= 11 is 0. The molecule has 1 saturated heterocycles. The van der Waals surface area contributed by atoms with Gasteiger partial charge in [-0.2, -0.15) is 0 Å². The highest BCUT2D eigenvalue weighted by atomic mass is 16.7. The van der Waals surface area contributed by atoms with Gasteiger partial charge >= 0.3 is 0 Å². The summed E-state index contributed by atoms with van der Waals surface area (Å²) in [6.45, 7) is 9.40. The molecule has 0 saturated carbocycles. The van der Waals surface area contributed by atoms with E-state index in [1.54, 1.807) is 11.8 Å². The summed E-state index contributed by atoms with van der Waals surface area (Å²) in [7, 11) is 0. The van der Waals surface area contributed by atoms with Crippen LogP contribution in [-0.2, 0) is 24.7 Å². The zero-order valence-electron chi connectivity index (χ0n) is 16.5. The lowest BCUT2D eigenvalue weighted by Crippen LogP contribution is -2.53. The van der Waals surface area contributed by atoms with E-state index in [4.69, 9.17) is 9.47 Å². The summed E-state index contributed by atoms with van der Waals surface area (Å²) in [5.74, 6) is -2.80. The number of allylic oxidation sites excluding steroid dienone is 1. The zero-order chi connectivity index (χ0) is 20.0. The third-order valence-electron chi connectivity index (χ3n) is 5.60. The quantitative estimate of drug-likeness (QED) is 0.858. The molecule has 0 radical (unpaired) electrons. The maximum Gasteiger partial charge on any atom is 0.235 e. The van der Waals surface area contributed by atoms with Crippen LogP contribution in [0.3, 0.4) is 0 Å². The standard InChI is InChI=1S/C21H27NO5/c1-6-22(7-2)19(24)17-20(5,25)27-18-16(13(3)23)14(4)26-21(17,18)15-11-9-8-10-12-15/h8-12,17-18,25H,6-7H2,1-5H3/t17?,18-,20?,21-/m0/s1. The topological polar surface area (TPSA) is 76.1 Å². The lowest BCUT2D eigenvalue weighted by atomic mass is 9.74. The SMILES string of the molecule is CCN(CC)C(=O)C1C(C)(O)O[C@H]2C(C(C)=O)=C(C)O[C@@]12c1ccccc1. The first-order valence-electron chi connectivity index (χ1n) is 9.35. The van der Waals surface area contributed by atoms with Crippen LogP contribution in [0, 0.1) is 5.92 Å². The van der Waals surface area contributed by atoms with Crippen LogP contribution in [0.25, 0.3) is 0 Å². The van der Waals surface area contributed by atoms with Gasteiger partial charge in [-0.25, -0.2) is 0 Å². The maximum absolute atomic E-state index is 13.4. The number of aliphatic hydroxyl groups is 1. The van der Waals surface area contributed by atoms with Gasteiger partial charge in [0.15, 0.2) is 17.2 Å². The maximum atomic E-state index is 13.4. The number of ketones is 1. The van der Waals surface area contributed by atoms with Gasteiger partial charge in [0.25, 0.3) is 0 Å². The van der Waals surface area contributed by atoms with Crippen LogP contribution >= 0.6 is 0 Å². The summed E-state index contributed by atoms with van der Waals surface area (Å²) in [6.07, 6.45) is -0.850. The van der Waals surface area contributed by atoms with Crippen LogP contribution in [0.1, 0.15) is 40.2 Å². The fourth-order valence-electron chi connectivity index (χ4n) is 4.46. The average molecular weight is 373 g/mol. The lowest BCUT2D eigenvalue weighted by molar-refractivity contribution is -0.200. The van der Waals surface area contributed by atoms with Crippen molar-refractivity contribution in [3.63, 3.8) is 0 Å². The monoisotopic (exact) mass is 373 g/mol. The van der Waals surface area contributed by atoms with Crippen LogP contribution in [0.2, 0.25) is 0 Å². The van der Waals surface area contributed by atoms with Crippen molar-refractivity contribution in [3.8, 4) is 0 Å². The molecule has 1 aromatic carbocycles. The van der Waals surface area contributed by atoms with Crippen molar-refractivity contribution in [3.05, 3.63) is 47.2 Å². The number of carbonyl (C=O) groups is 2. The van der Waals surface area contributed by atoms with Crippen LogP contribution in [0.5, 0.6) is 0 Å². The molecule has 3 rings (SSSR count). The number of amides is 1. The van der Waals surface area contributed by atoms with E-state index in [2.05, 4.69) is 0 Å². The number of hydrogen-bond donors (Lipinski definition) is 1. The smallest absolute Gasteiger partial charge is 0.235 e. The Labute approximate surface area is 159 Å². The van der Waals surface area contributed by atoms with E-state index < -0.39 is 23.4 Å². The summed E-state index contributed by atoms with van der Waals surface area (Å²) in [6, 6.07) is 9.24. The van der Waals surface area contributed by atoms with Crippen LogP contribution < -0.4 is 0 Å². The molecule has 1 fully saturated rings. The molecule has 6 nitrogen and oxygen atoms in total. The second-order valence-corrected chi connectivity index (χ2v) is 7.28. The average Bonchev–Trinajstić information content (AvgIpc) is 3.00. The van der Waals surface area contributed by atoms with Crippen molar-refractivity contribution in [2.24, 2.45) is 5.92 Å². The first-order valence-corrected chi connectivity index (χ1v) is 9.35. The molecule has 1 amide bonds. The van der Waals surface area contributed by atoms with E-state index in [0.29, 0.717) is 30.0 Å². The number of carbonyl (C=O) groups excluding carboxylic acids is 2. The Bertz CT molecular complexity index is 781. The van der Waals surface area contributed by atoms with E-state index in [-0.39, 0.29) is 11.7 Å². The third-order valence-corrected chi connectivity index (χ3v) is 5.60. The Kier molecular flexibility index (Phi) is 4.91. The van der Waals surface area contributed by atoms with Crippen LogP contribution in [0.4, 0.5) is 0 Å². The van der Waals surface area contributed by atoms with E-state index in [0.717, 1.165) is 0 Å². The molecule has 0 aliphatic carbocycles. The van der Waals surface area contributed by atoms with Crippen molar-refractivity contribution in [1.29, 1.82) is 0 Å². The molecule has 27 heavy (non-hydrogen) atoms. The second kappa shape index (κ2) is 6.77. The summed E-state index contributed by atoms with van der Waals surface area (Å²) in [5.41, 5.74) is -0.210. The first-order chi connectivity index (χ1) is 12.7. The van der Waals surface area contributed by atoms with Crippen molar-refractivity contribution in [2.45, 2.75) is 52.1 Å². The van der Waals surface area contributed by atoms with Crippen molar-refractivity contribution < 1.29 is 24.2 Å². The molecule has 1 N–H and O–H groups in total. The third kappa shape index (κ3) is 2.78. The Hall–Kier alpha value is -2.18. The summed E-state index contributed by atoms with van der Waals surface area (Å²) in [4.78, 5) is 27.4. The molecule has 1 aromatic rings. The van der Waals surface area contributed by atoms with E-state index >= 15 is 0 Å². The van der Waals surface area contributed by atoms with Gasteiger partial charge in [-0.1, -0.05) is 30.3 Å². The van der Waals surface area contributed by atoms with Gasteiger partial charge in [0, 0.05) is 13.1 Å². The van der Waals surface area contributed by atoms with Gasteiger partial charge in [0.05, 0.1) is 5.57 Å². The fraction of sp³-hybridized carbons (Fsp3) is 0.524. The highest BCUT2D eigenvalue weighted by molar-refractivity contribution is 5.96. The van der Waals surface area contributed by atoms with Gasteiger partial charge in [0.1, 0.15) is 17.8 Å². The number of benzene rings is 1. The fourth-order valence-corrected chi connectivity index (χ4v) is 4.46. The van der Waals surface area contributed by atoms with Crippen LogP contribution in [0.15, 0.2) is 41.7 Å². The van der Waals surface area contributed by atoms with Crippen LogP contribution in [-0.4, -0.2) is 46.7 Å². The molecule has 2 aliphatic rings. The van der Waals surface area contributed by atoms with Crippen molar-refractivity contribution >= 4 is 11.7 Å². The molecule has 0 aromatic heterocycles. The van der Waals surface area contributed by atoms with Crippen molar-refractivity contribution in [1.82, 2.24) is 4.90 Å². The highest BCUT2D eigenvalue weighted by Crippen LogP contribution is 2.58. The minimum Gasteiger partial charge on any atom is -0.482 e. The Balaban J connectivity index is 2.23. The van der Waals surface area contributed by atoms with Gasteiger partial charge in [-0.3, -0.25) is 9.59 Å². The molecule has 4 atom stereocenters. The number of fused-ring (bicyclic) bond motifs is 1. The first kappa shape index (κ1) is 19.6. The molecule has 2 unspecified atom stereocenters. The van der Waals surface area contributed by atoms with Gasteiger partial charge in [-0.15, -0.1) is 0 Å². The number of hydrogen-bond acceptors (Lipinski definition) is 5. The highest BCUT2D eigenvalue weighted by Gasteiger charge is 2.71. The minimum atomic E-state index is -1.78. The molecular formula is C21H27NO5. The largest absolute Gasteiger partial charge is 0.482 e. The predicted octanol–water partition coefficient (Wildman–Crippen LogP) is 2.37. The number of nitrogens with zero attached hydrogens (tertiary/aromatic N) is 1. The number of Topliss-reactive ketones (excluding diaryl/α,β-unsaturated/α-hetero) is 1. The molecule has 6 heteroatoms. The van der Waals surface area contributed by atoms with E-state index in [9.17, 15) is 14.7 Å². The van der Waals surface area contributed by atoms with Gasteiger partial charge in [0.2, 0.25) is 5.91 Å². The number of ether oxygens (including phenoxy) is 2. The van der Waals surface area contributed by atoms with Crippen molar-refractivity contribution in [2.75, 3.05) is 13.1 Å². The van der Waals surface area contributed by atoms with E-state index in [1.807, 2.05) is 44.2 Å². The van der Waals surface area contributed by atoms with E-state index in [1.165, 1.54) is 13.8 Å². The Morgan fingerprint density at radius 2 is 1.78 bits per heavy atom. The minimum absolute atomic E-state index is 0.193. The number of rotatable bonds is 5. The lowest BCUT2D eigenvalue weighted by Gasteiger charge is -2.38.